The molecular formula is C14H17NO2. The van der Waals surface area contributed by atoms with Gasteiger partial charge in [-0.1, -0.05) is 12.1 Å². The van der Waals surface area contributed by atoms with E-state index in [1.165, 1.54) is 5.39 Å². The number of aromatic nitrogens is 1. The first-order valence-corrected chi connectivity index (χ1v) is 5.70. The molecule has 2 N–H and O–H groups in total. The van der Waals surface area contributed by atoms with Gasteiger partial charge < -0.3 is 10.1 Å². The second-order valence-corrected chi connectivity index (χ2v) is 5.24. The van der Waals surface area contributed by atoms with E-state index >= 15 is 0 Å². The standard InChI is InChI=1S/C14H17NO2/c1-9-6-11-5-4-10(7-12(11)15-9)8-14(2,3)13(16)17/h4-7,15H,8H2,1-3H3,(H,16,17). The van der Waals surface area contributed by atoms with Crippen molar-refractivity contribution >= 4 is 16.9 Å². The molecule has 17 heavy (non-hydrogen) atoms. The van der Waals surface area contributed by atoms with Crippen LogP contribution in [0.1, 0.15) is 25.1 Å². The van der Waals surface area contributed by atoms with Crippen LogP contribution in [-0.4, -0.2) is 16.1 Å². The number of carboxylic acid groups (broad SMARTS) is 1. The summed E-state index contributed by atoms with van der Waals surface area (Å²) in [5, 5.41) is 10.3. The van der Waals surface area contributed by atoms with Gasteiger partial charge in [0.25, 0.3) is 0 Å². The highest BCUT2D eigenvalue weighted by atomic mass is 16.4. The number of rotatable bonds is 3. The van der Waals surface area contributed by atoms with Crippen LogP contribution in [-0.2, 0) is 11.2 Å². The third-order valence-electron chi connectivity index (χ3n) is 3.05. The number of H-pyrrole nitrogens is 1. The van der Waals surface area contributed by atoms with Crippen molar-refractivity contribution in [3.8, 4) is 0 Å². The van der Waals surface area contributed by atoms with Gasteiger partial charge in [0, 0.05) is 11.2 Å². The second-order valence-electron chi connectivity index (χ2n) is 5.24. The van der Waals surface area contributed by atoms with Crippen molar-refractivity contribution in [3.05, 3.63) is 35.5 Å². The molecule has 0 fully saturated rings. The lowest BCUT2D eigenvalue weighted by Crippen LogP contribution is -2.26. The normalized spacial score (nSPS) is 11.9. The predicted molar refractivity (Wildman–Crippen MR) is 68.2 cm³/mol. The number of hydrogen-bond donors (Lipinski definition) is 2. The average Bonchev–Trinajstić information content (AvgIpc) is 2.56. The number of carbonyl (C=O) groups is 1. The van der Waals surface area contributed by atoms with Crippen LogP contribution in [0.25, 0.3) is 10.9 Å². The van der Waals surface area contributed by atoms with Crippen LogP contribution < -0.4 is 0 Å². The molecule has 3 heteroatoms. The summed E-state index contributed by atoms with van der Waals surface area (Å²) in [4.78, 5) is 14.4. The Kier molecular flexibility index (Phi) is 2.69. The van der Waals surface area contributed by atoms with E-state index in [1.807, 2.05) is 25.1 Å². The summed E-state index contributed by atoms with van der Waals surface area (Å²) in [6.45, 7) is 5.51. The van der Waals surface area contributed by atoms with E-state index < -0.39 is 11.4 Å². The van der Waals surface area contributed by atoms with Crippen LogP contribution in [0.4, 0.5) is 0 Å². The highest BCUT2D eigenvalue weighted by Crippen LogP contribution is 2.24. The Labute approximate surface area is 100 Å². The van der Waals surface area contributed by atoms with Gasteiger partial charge in [0.1, 0.15) is 0 Å². The summed E-state index contributed by atoms with van der Waals surface area (Å²) >= 11 is 0. The van der Waals surface area contributed by atoms with Crippen LogP contribution in [0.15, 0.2) is 24.3 Å². The summed E-state index contributed by atoms with van der Waals surface area (Å²) in [6.07, 6.45) is 0.538. The number of aliphatic carboxylic acids is 1. The first-order chi connectivity index (χ1) is 7.88. The fraction of sp³-hybridized carbons (Fsp3) is 0.357. The largest absolute Gasteiger partial charge is 0.481 e. The van der Waals surface area contributed by atoms with Gasteiger partial charge in [-0.3, -0.25) is 4.79 Å². The Morgan fingerprint density at radius 3 is 2.71 bits per heavy atom. The summed E-state index contributed by atoms with van der Waals surface area (Å²) in [7, 11) is 0. The molecule has 0 radical (unpaired) electrons. The van der Waals surface area contributed by atoms with E-state index in [9.17, 15) is 4.79 Å². The minimum atomic E-state index is -0.764. The molecule has 0 saturated carbocycles. The Balaban J connectivity index is 2.34. The van der Waals surface area contributed by atoms with Crippen molar-refractivity contribution in [2.45, 2.75) is 27.2 Å². The van der Waals surface area contributed by atoms with Crippen molar-refractivity contribution in [1.82, 2.24) is 4.98 Å². The molecule has 0 bridgehead atoms. The van der Waals surface area contributed by atoms with E-state index in [2.05, 4.69) is 11.1 Å². The zero-order valence-corrected chi connectivity index (χ0v) is 10.4. The van der Waals surface area contributed by atoms with Gasteiger partial charge in [-0.2, -0.15) is 0 Å². The second kappa shape index (κ2) is 3.91. The lowest BCUT2D eigenvalue weighted by atomic mass is 9.86. The summed E-state index contributed by atoms with van der Waals surface area (Å²) < 4.78 is 0. The minimum absolute atomic E-state index is 0.538. The molecule has 90 valence electrons. The van der Waals surface area contributed by atoms with Crippen LogP contribution in [0.5, 0.6) is 0 Å². The van der Waals surface area contributed by atoms with Crippen molar-refractivity contribution in [1.29, 1.82) is 0 Å². The monoisotopic (exact) mass is 231 g/mol. The van der Waals surface area contributed by atoms with Gasteiger partial charge in [0.2, 0.25) is 0 Å². The van der Waals surface area contributed by atoms with Gasteiger partial charge >= 0.3 is 5.97 Å². The zero-order valence-electron chi connectivity index (χ0n) is 10.4. The maximum Gasteiger partial charge on any atom is 0.309 e. The number of aromatic amines is 1. The van der Waals surface area contributed by atoms with Crippen molar-refractivity contribution in [3.63, 3.8) is 0 Å². The van der Waals surface area contributed by atoms with Crippen LogP contribution in [0.3, 0.4) is 0 Å². The molecule has 0 spiro atoms. The molecule has 1 heterocycles. The third-order valence-corrected chi connectivity index (χ3v) is 3.05. The number of fused-ring (bicyclic) bond motifs is 1. The molecule has 2 rings (SSSR count). The van der Waals surface area contributed by atoms with E-state index in [4.69, 9.17) is 5.11 Å². The average molecular weight is 231 g/mol. The fourth-order valence-corrected chi connectivity index (χ4v) is 2.02. The first kappa shape index (κ1) is 11.7. The highest BCUT2D eigenvalue weighted by Gasteiger charge is 2.27. The minimum Gasteiger partial charge on any atom is -0.481 e. The fourth-order valence-electron chi connectivity index (χ4n) is 2.02. The van der Waals surface area contributed by atoms with Gasteiger partial charge in [0.15, 0.2) is 0 Å². The van der Waals surface area contributed by atoms with E-state index in [0.29, 0.717) is 6.42 Å². The Bertz CT molecular complexity index is 567. The van der Waals surface area contributed by atoms with Gasteiger partial charge in [-0.15, -0.1) is 0 Å². The van der Waals surface area contributed by atoms with Gasteiger partial charge in [-0.05, 0) is 50.3 Å². The molecular weight excluding hydrogens is 214 g/mol. The number of carboxylic acids is 1. The Morgan fingerprint density at radius 1 is 1.35 bits per heavy atom. The van der Waals surface area contributed by atoms with Crippen LogP contribution >= 0.6 is 0 Å². The molecule has 1 aromatic carbocycles. The molecule has 3 nitrogen and oxygen atoms in total. The lowest BCUT2D eigenvalue weighted by molar-refractivity contribution is -0.146. The van der Waals surface area contributed by atoms with E-state index in [-0.39, 0.29) is 0 Å². The zero-order chi connectivity index (χ0) is 12.6. The quantitative estimate of drug-likeness (QED) is 0.852. The lowest BCUT2D eigenvalue weighted by Gasteiger charge is -2.18. The van der Waals surface area contributed by atoms with Crippen molar-refractivity contribution in [2.75, 3.05) is 0 Å². The van der Waals surface area contributed by atoms with Crippen molar-refractivity contribution in [2.24, 2.45) is 5.41 Å². The molecule has 0 aliphatic carbocycles. The number of benzene rings is 1. The topological polar surface area (TPSA) is 53.1 Å². The highest BCUT2D eigenvalue weighted by molar-refractivity contribution is 5.81. The SMILES string of the molecule is Cc1cc2ccc(CC(C)(C)C(=O)O)cc2[nH]1. The molecule has 2 aromatic rings. The smallest absolute Gasteiger partial charge is 0.309 e. The van der Waals surface area contributed by atoms with E-state index in [0.717, 1.165) is 16.8 Å². The first-order valence-electron chi connectivity index (χ1n) is 5.70. The summed E-state index contributed by atoms with van der Waals surface area (Å²) in [6, 6.07) is 8.15. The van der Waals surface area contributed by atoms with Crippen LogP contribution in [0.2, 0.25) is 0 Å². The molecule has 0 amide bonds. The van der Waals surface area contributed by atoms with Gasteiger partial charge in [0.05, 0.1) is 5.41 Å². The molecule has 0 unspecified atom stereocenters. The molecule has 0 aliphatic heterocycles. The Morgan fingerprint density at radius 2 is 2.06 bits per heavy atom. The number of nitrogens with one attached hydrogen (secondary N) is 1. The Hall–Kier alpha value is -1.77. The number of hydrogen-bond acceptors (Lipinski definition) is 1. The maximum absolute atomic E-state index is 11.1. The predicted octanol–water partition coefficient (Wildman–Crippen LogP) is 3.13. The summed E-state index contributed by atoms with van der Waals surface area (Å²) in [5.41, 5.74) is 2.51. The van der Waals surface area contributed by atoms with Crippen molar-refractivity contribution < 1.29 is 9.90 Å². The molecule has 0 aliphatic rings. The third kappa shape index (κ3) is 2.33. The number of aryl methyl sites for hydroxylation is 1. The van der Waals surface area contributed by atoms with Gasteiger partial charge in [-0.25, -0.2) is 0 Å². The van der Waals surface area contributed by atoms with E-state index in [1.54, 1.807) is 13.8 Å². The maximum atomic E-state index is 11.1. The molecule has 0 saturated heterocycles. The summed E-state index contributed by atoms with van der Waals surface area (Å²) in [5.74, 6) is -0.764. The molecule has 0 atom stereocenters. The molecule has 1 aromatic heterocycles. The van der Waals surface area contributed by atoms with Crippen LogP contribution in [0, 0.1) is 12.3 Å².